The first-order chi connectivity index (χ1) is 6.35. The first-order valence-electron chi connectivity index (χ1n) is 5.38. The molecule has 2 nitrogen and oxygen atoms in total. The summed E-state index contributed by atoms with van der Waals surface area (Å²) in [5, 5.41) is 8.98. The van der Waals surface area contributed by atoms with Gasteiger partial charge in [-0.15, -0.1) is 0 Å². The summed E-state index contributed by atoms with van der Waals surface area (Å²) >= 11 is 0. The van der Waals surface area contributed by atoms with E-state index in [1.807, 2.05) is 0 Å². The maximum absolute atomic E-state index is 8.98. The molecule has 0 bridgehead atoms. The number of nitriles is 1. The monoisotopic (exact) mass is 179 g/mol. The third-order valence-electron chi connectivity index (χ3n) is 3.45. The molecule has 0 spiro atoms. The highest BCUT2D eigenvalue weighted by atomic mass is 16.5. The molecule has 0 radical (unpaired) electrons. The van der Waals surface area contributed by atoms with Crippen molar-refractivity contribution < 1.29 is 4.74 Å². The summed E-state index contributed by atoms with van der Waals surface area (Å²) in [6.07, 6.45) is 8.82. The second kappa shape index (κ2) is 3.67. The quantitative estimate of drug-likeness (QED) is 0.667. The number of hydrogen-bond acceptors (Lipinski definition) is 2. The Morgan fingerprint density at radius 3 is 2.38 bits per heavy atom. The fraction of sp³-hybridized carbons (Fsp3) is 0.909. The second-order valence-electron chi connectivity index (χ2n) is 4.46. The zero-order chi connectivity index (χ0) is 9.15. The molecule has 0 aliphatic heterocycles. The third kappa shape index (κ3) is 1.86. The van der Waals surface area contributed by atoms with E-state index in [9.17, 15) is 0 Å². The zero-order valence-electron chi connectivity index (χ0n) is 8.09. The lowest BCUT2D eigenvalue weighted by atomic mass is 9.71. The van der Waals surface area contributed by atoms with Gasteiger partial charge in [-0.3, -0.25) is 0 Å². The van der Waals surface area contributed by atoms with E-state index in [4.69, 9.17) is 10.00 Å². The van der Waals surface area contributed by atoms with Gasteiger partial charge in [-0.1, -0.05) is 19.3 Å². The van der Waals surface area contributed by atoms with E-state index in [0.717, 1.165) is 12.8 Å². The van der Waals surface area contributed by atoms with Crippen LogP contribution in [0.25, 0.3) is 0 Å². The van der Waals surface area contributed by atoms with E-state index in [2.05, 4.69) is 6.07 Å². The highest BCUT2D eigenvalue weighted by Gasteiger charge is 2.38. The van der Waals surface area contributed by atoms with Crippen molar-refractivity contribution in [2.24, 2.45) is 5.41 Å². The van der Waals surface area contributed by atoms with Crippen molar-refractivity contribution in [2.75, 3.05) is 6.61 Å². The van der Waals surface area contributed by atoms with Crippen molar-refractivity contribution in [1.82, 2.24) is 0 Å². The summed E-state index contributed by atoms with van der Waals surface area (Å²) in [6, 6.07) is 2.41. The molecular formula is C11H17NO. The van der Waals surface area contributed by atoms with Gasteiger partial charge in [0.1, 0.15) is 0 Å². The van der Waals surface area contributed by atoms with E-state index in [-0.39, 0.29) is 5.41 Å². The Balaban J connectivity index is 1.75. The van der Waals surface area contributed by atoms with Crippen molar-refractivity contribution in [1.29, 1.82) is 5.26 Å². The van der Waals surface area contributed by atoms with E-state index >= 15 is 0 Å². The Morgan fingerprint density at radius 1 is 1.23 bits per heavy atom. The molecule has 0 saturated heterocycles. The van der Waals surface area contributed by atoms with Crippen LogP contribution in [0.2, 0.25) is 0 Å². The number of rotatable bonds is 3. The third-order valence-corrected chi connectivity index (χ3v) is 3.45. The molecule has 0 aromatic carbocycles. The molecule has 2 aliphatic carbocycles. The van der Waals surface area contributed by atoms with Gasteiger partial charge in [0, 0.05) is 0 Å². The van der Waals surface area contributed by atoms with Gasteiger partial charge >= 0.3 is 0 Å². The minimum absolute atomic E-state index is 0.0947. The zero-order valence-corrected chi connectivity index (χ0v) is 8.09. The van der Waals surface area contributed by atoms with Crippen molar-refractivity contribution >= 4 is 0 Å². The SMILES string of the molecule is N#CC1(COC2CCCC2)CCC1. The van der Waals surface area contributed by atoms with Crippen LogP contribution in [0.3, 0.4) is 0 Å². The van der Waals surface area contributed by atoms with Crippen molar-refractivity contribution in [3.05, 3.63) is 0 Å². The maximum atomic E-state index is 8.98. The maximum Gasteiger partial charge on any atom is 0.0807 e. The highest BCUT2D eigenvalue weighted by molar-refractivity contribution is 5.04. The van der Waals surface area contributed by atoms with Crippen LogP contribution >= 0.6 is 0 Å². The van der Waals surface area contributed by atoms with Gasteiger partial charge in [-0.2, -0.15) is 5.26 Å². The lowest BCUT2D eigenvalue weighted by Crippen LogP contribution is -2.34. The van der Waals surface area contributed by atoms with E-state index in [1.165, 1.54) is 32.1 Å². The summed E-state index contributed by atoms with van der Waals surface area (Å²) in [5.41, 5.74) is -0.0947. The Bertz CT molecular complexity index is 209. The number of ether oxygens (including phenoxy) is 1. The Hall–Kier alpha value is -0.550. The molecular weight excluding hydrogens is 162 g/mol. The molecule has 2 rings (SSSR count). The molecule has 0 N–H and O–H groups in total. The Labute approximate surface area is 79.9 Å². The Kier molecular flexibility index (Phi) is 2.55. The molecule has 13 heavy (non-hydrogen) atoms. The fourth-order valence-electron chi connectivity index (χ4n) is 2.22. The fourth-order valence-corrected chi connectivity index (χ4v) is 2.22. The first kappa shape index (κ1) is 9.02. The van der Waals surface area contributed by atoms with Crippen molar-refractivity contribution in [3.63, 3.8) is 0 Å². The lowest BCUT2D eigenvalue weighted by molar-refractivity contribution is -0.0141. The summed E-state index contributed by atoms with van der Waals surface area (Å²) in [4.78, 5) is 0. The van der Waals surface area contributed by atoms with Gasteiger partial charge in [0.15, 0.2) is 0 Å². The molecule has 0 atom stereocenters. The van der Waals surface area contributed by atoms with Gasteiger partial charge in [-0.25, -0.2) is 0 Å². The van der Waals surface area contributed by atoms with Crippen LogP contribution < -0.4 is 0 Å². The molecule has 2 saturated carbocycles. The number of nitrogens with zero attached hydrogens (tertiary/aromatic N) is 1. The smallest absolute Gasteiger partial charge is 0.0807 e. The predicted molar refractivity (Wildman–Crippen MR) is 50.1 cm³/mol. The first-order valence-corrected chi connectivity index (χ1v) is 5.38. The summed E-state index contributed by atoms with van der Waals surface area (Å²) < 4.78 is 5.78. The van der Waals surface area contributed by atoms with Crippen LogP contribution in [0.15, 0.2) is 0 Å². The minimum Gasteiger partial charge on any atom is -0.377 e. The average Bonchev–Trinajstić information content (AvgIpc) is 2.56. The van der Waals surface area contributed by atoms with Crippen molar-refractivity contribution in [2.45, 2.75) is 51.0 Å². The predicted octanol–water partition coefficient (Wildman–Crippen LogP) is 2.64. The van der Waals surface area contributed by atoms with E-state index in [1.54, 1.807) is 0 Å². The number of hydrogen-bond donors (Lipinski definition) is 0. The van der Waals surface area contributed by atoms with Crippen molar-refractivity contribution in [3.8, 4) is 6.07 Å². The molecule has 0 amide bonds. The van der Waals surface area contributed by atoms with Gasteiger partial charge in [0.2, 0.25) is 0 Å². The largest absolute Gasteiger partial charge is 0.377 e. The second-order valence-corrected chi connectivity index (χ2v) is 4.46. The molecule has 2 aliphatic rings. The van der Waals surface area contributed by atoms with Gasteiger partial charge in [-0.05, 0) is 25.7 Å². The molecule has 0 aromatic heterocycles. The van der Waals surface area contributed by atoms with Crippen LogP contribution in [0.5, 0.6) is 0 Å². The Morgan fingerprint density at radius 2 is 1.92 bits per heavy atom. The van der Waals surface area contributed by atoms with Crippen LogP contribution in [0, 0.1) is 16.7 Å². The van der Waals surface area contributed by atoms with Gasteiger partial charge in [0.05, 0.1) is 24.2 Å². The van der Waals surface area contributed by atoms with E-state index in [0.29, 0.717) is 12.7 Å². The molecule has 0 aromatic rings. The molecule has 0 unspecified atom stereocenters. The van der Waals surface area contributed by atoms with Crippen LogP contribution in [-0.2, 0) is 4.74 Å². The van der Waals surface area contributed by atoms with Crippen LogP contribution in [-0.4, -0.2) is 12.7 Å². The normalized spacial score (nSPS) is 26.7. The summed E-state index contributed by atoms with van der Waals surface area (Å²) in [6.45, 7) is 0.689. The average molecular weight is 179 g/mol. The molecule has 2 heteroatoms. The van der Waals surface area contributed by atoms with Crippen LogP contribution in [0.1, 0.15) is 44.9 Å². The topological polar surface area (TPSA) is 33.0 Å². The highest BCUT2D eigenvalue weighted by Crippen LogP contribution is 2.41. The van der Waals surface area contributed by atoms with E-state index < -0.39 is 0 Å². The van der Waals surface area contributed by atoms with Crippen LogP contribution in [0.4, 0.5) is 0 Å². The lowest BCUT2D eigenvalue weighted by Gasteiger charge is -2.35. The standard InChI is InChI=1S/C11H17NO/c12-8-11(6-3-7-11)9-13-10-4-1-2-5-10/h10H,1-7,9H2. The minimum atomic E-state index is -0.0947. The summed E-state index contributed by atoms with van der Waals surface area (Å²) in [5.74, 6) is 0. The van der Waals surface area contributed by atoms with Gasteiger partial charge in [0.25, 0.3) is 0 Å². The molecule has 2 fully saturated rings. The molecule has 0 heterocycles. The summed E-state index contributed by atoms with van der Waals surface area (Å²) in [7, 11) is 0. The molecule has 72 valence electrons. The van der Waals surface area contributed by atoms with Gasteiger partial charge < -0.3 is 4.74 Å².